The molecule has 2 N–H and O–H groups in total. The van der Waals surface area contributed by atoms with Gasteiger partial charge in [-0.3, -0.25) is 18.8 Å². The molecule has 2 heterocycles. The third-order valence-corrected chi connectivity index (χ3v) is 9.89. The van der Waals surface area contributed by atoms with Crippen molar-refractivity contribution in [3.63, 3.8) is 0 Å². The Morgan fingerprint density at radius 1 is 0.925 bits per heavy atom. The molecule has 0 saturated carbocycles. The standard InChI is InChI=1S/C30H30N4O4S2/c1-31-29(36)27-25-17-18-34(19-21-9-5-3-6-10-21)20-26(25)39-30(27)32-28(35)22-13-15-24(16-14-22)40(37,38)33(2)23-11-7-4-8-12-23/h3-16H,17-20H2,1-2H3,(H,31,36)(H,32,35). The van der Waals surface area contributed by atoms with Gasteiger partial charge in [-0.25, -0.2) is 8.42 Å². The summed E-state index contributed by atoms with van der Waals surface area (Å²) in [6.45, 7) is 2.31. The molecule has 0 radical (unpaired) electrons. The van der Waals surface area contributed by atoms with E-state index in [9.17, 15) is 18.0 Å². The normalized spacial score (nSPS) is 13.3. The fourth-order valence-electron chi connectivity index (χ4n) is 4.77. The average Bonchev–Trinajstić information content (AvgIpc) is 3.34. The first kappa shape index (κ1) is 27.6. The zero-order chi connectivity index (χ0) is 28.3. The topological polar surface area (TPSA) is 98.8 Å². The van der Waals surface area contributed by atoms with Crippen LogP contribution in [0.2, 0.25) is 0 Å². The summed E-state index contributed by atoms with van der Waals surface area (Å²) < 4.78 is 27.4. The Morgan fingerprint density at radius 3 is 2.23 bits per heavy atom. The highest BCUT2D eigenvalue weighted by molar-refractivity contribution is 7.92. The van der Waals surface area contributed by atoms with Crippen molar-refractivity contribution in [2.45, 2.75) is 24.4 Å². The minimum absolute atomic E-state index is 0.0755. The molecule has 0 spiro atoms. The second-order valence-electron chi connectivity index (χ2n) is 9.52. The van der Waals surface area contributed by atoms with Crippen molar-refractivity contribution in [2.75, 3.05) is 30.3 Å². The fraction of sp³-hybridized carbons (Fsp3) is 0.200. The lowest BCUT2D eigenvalue weighted by Crippen LogP contribution is -2.30. The molecule has 5 rings (SSSR count). The quantitative estimate of drug-likeness (QED) is 0.317. The Kier molecular flexibility index (Phi) is 8.02. The van der Waals surface area contributed by atoms with E-state index in [-0.39, 0.29) is 10.8 Å². The lowest BCUT2D eigenvalue weighted by atomic mass is 10.0. The first-order valence-corrected chi connectivity index (χ1v) is 15.1. The summed E-state index contributed by atoms with van der Waals surface area (Å²) in [5.41, 5.74) is 3.52. The number of carbonyl (C=O) groups is 2. The van der Waals surface area contributed by atoms with E-state index >= 15 is 0 Å². The summed E-state index contributed by atoms with van der Waals surface area (Å²) in [6.07, 6.45) is 0.707. The van der Waals surface area contributed by atoms with Crippen molar-refractivity contribution in [3.05, 3.63) is 112 Å². The number of sulfonamides is 1. The highest BCUT2D eigenvalue weighted by atomic mass is 32.2. The largest absolute Gasteiger partial charge is 0.355 e. The molecule has 4 aromatic rings. The third kappa shape index (κ3) is 5.65. The molecular weight excluding hydrogens is 544 g/mol. The summed E-state index contributed by atoms with van der Waals surface area (Å²) in [5.74, 6) is -0.653. The average molecular weight is 575 g/mol. The molecule has 1 aliphatic rings. The summed E-state index contributed by atoms with van der Waals surface area (Å²) in [6, 6.07) is 24.8. The minimum Gasteiger partial charge on any atom is -0.355 e. The van der Waals surface area contributed by atoms with Crippen LogP contribution in [0.25, 0.3) is 0 Å². The van der Waals surface area contributed by atoms with Crippen LogP contribution in [0.15, 0.2) is 89.8 Å². The molecule has 10 heteroatoms. The summed E-state index contributed by atoms with van der Waals surface area (Å²) >= 11 is 1.41. The second kappa shape index (κ2) is 11.6. The summed E-state index contributed by atoms with van der Waals surface area (Å²) in [5, 5.41) is 6.11. The molecule has 0 unspecified atom stereocenters. The molecule has 3 aromatic carbocycles. The summed E-state index contributed by atoms with van der Waals surface area (Å²) in [7, 11) is -0.730. The van der Waals surface area contributed by atoms with Gasteiger partial charge in [0.1, 0.15) is 5.00 Å². The van der Waals surface area contributed by atoms with Gasteiger partial charge in [-0.15, -0.1) is 11.3 Å². The number of benzene rings is 3. The van der Waals surface area contributed by atoms with Gasteiger partial charge in [0, 0.05) is 44.2 Å². The van der Waals surface area contributed by atoms with Crippen molar-refractivity contribution < 1.29 is 18.0 Å². The summed E-state index contributed by atoms with van der Waals surface area (Å²) in [4.78, 5) is 29.5. The maximum atomic E-state index is 13.2. The van der Waals surface area contributed by atoms with E-state index in [1.807, 2.05) is 24.3 Å². The molecule has 0 aliphatic carbocycles. The SMILES string of the molecule is CNC(=O)c1c(NC(=O)c2ccc(S(=O)(=O)N(C)c3ccccc3)cc2)sc2c1CCN(Cc1ccccc1)C2. The molecule has 0 fully saturated rings. The zero-order valence-electron chi connectivity index (χ0n) is 22.3. The molecule has 0 bridgehead atoms. The van der Waals surface area contributed by atoms with E-state index in [1.165, 1.54) is 52.5 Å². The minimum atomic E-state index is -3.80. The molecule has 40 heavy (non-hydrogen) atoms. The second-order valence-corrected chi connectivity index (χ2v) is 12.6. The Bertz CT molecular complexity index is 1620. The van der Waals surface area contributed by atoms with Crippen LogP contribution in [0.4, 0.5) is 10.7 Å². The number of nitrogens with zero attached hydrogens (tertiary/aromatic N) is 2. The first-order valence-electron chi connectivity index (χ1n) is 12.9. The lowest BCUT2D eigenvalue weighted by molar-refractivity contribution is 0.0962. The number of amides is 2. The fourth-order valence-corrected chi connectivity index (χ4v) is 7.25. The van der Waals surface area contributed by atoms with E-state index in [2.05, 4.69) is 27.7 Å². The van der Waals surface area contributed by atoms with Crippen molar-refractivity contribution >= 4 is 43.9 Å². The van der Waals surface area contributed by atoms with Crippen LogP contribution < -0.4 is 14.9 Å². The zero-order valence-corrected chi connectivity index (χ0v) is 23.9. The van der Waals surface area contributed by atoms with E-state index in [4.69, 9.17) is 0 Å². The van der Waals surface area contributed by atoms with Crippen LogP contribution in [0.5, 0.6) is 0 Å². The molecule has 0 saturated heterocycles. The maximum absolute atomic E-state index is 13.2. The van der Waals surface area contributed by atoms with Gasteiger partial charge in [0.25, 0.3) is 21.8 Å². The lowest BCUT2D eigenvalue weighted by Gasteiger charge is -2.27. The Balaban J connectivity index is 1.34. The number of anilines is 2. The van der Waals surface area contributed by atoms with Crippen molar-refractivity contribution in [1.29, 1.82) is 0 Å². The number of thiophene rings is 1. The molecule has 206 valence electrons. The van der Waals surface area contributed by atoms with Crippen LogP contribution in [0.3, 0.4) is 0 Å². The van der Waals surface area contributed by atoms with E-state index in [0.717, 1.165) is 23.5 Å². The maximum Gasteiger partial charge on any atom is 0.264 e. The van der Waals surface area contributed by atoms with Gasteiger partial charge in [0.15, 0.2) is 0 Å². The Morgan fingerprint density at radius 2 is 1.57 bits per heavy atom. The van der Waals surface area contributed by atoms with Crippen LogP contribution in [0.1, 0.15) is 36.7 Å². The van der Waals surface area contributed by atoms with Gasteiger partial charge in [-0.1, -0.05) is 48.5 Å². The number of para-hydroxylation sites is 1. The molecule has 0 atom stereocenters. The van der Waals surface area contributed by atoms with Crippen LogP contribution in [0, 0.1) is 0 Å². The van der Waals surface area contributed by atoms with Crippen molar-refractivity contribution in [1.82, 2.24) is 10.2 Å². The number of fused-ring (bicyclic) bond motifs is 1. The van der Waals surface area contributed by atoms with Crippen LogP contribution in [-0.4, -0.2) is 45.8 Å². The van der Waals surface area contributed by atoms with Gasteiger partial charge >= 0.3 is 0 Å². The monoisotopic (exact) mass is 574 g/mol. The highest BCUT2D eigenvalue weighted by Gasteiger charge is 2.29. The first-order chi connectivity index (χ1) is 19.3. The van der Waals surface area contributed by atoms with Crippen molar-refractivity contribution in [3.8, 4) is 0 Å². The third-order valence-electron chi connectivity index (χ3n) is 6.96. The van der Waals surface area contributed by atoms with Gasteiger partial charge in [-0.2, -0.15) is 0 Å². The number of rotatable bonds is 8. The van der Waals surface area contributed by atoms with Crippen LogP contribution >= 0.6 is 11.3 Å². The van der Waals surface area contributed by atoms with E-state index < -0.39 is 15.9 Å². The highest BCUT2D eigenvalue weighted by Crippen LogP contribution is 2.38. The smallest absolute Gasteiger partial charge is 0.264 e. The van der Waals surface area contributed by atoms with Gasteiger partial charge < -0.3 is 10.6 Å². The molecule has 1 aromatic heterocycles. The Labute approximate surface area is 238 Å². The molecule has 1 aliphatic heterocycles. The molecule has 2 amide bonds. The van der Waals surface area contributed by atoms with E-state index in [0.29, 0.717) is 34.8 Å². The number of hydrogen-bond donors (Lipinski definition) is 2. The van der Waals surface area contributed by atoms with Crippen LogP contribution in [-0.2, 0) is 29.5 Å². The number of carbonyl (C=O) groups excluding carboxylic acids is 2. The number of hydrogen-bond acceptors (Lipinski definition) is 6. The van der Waals surface area contributed by atoms with Gasteiger partial charge in [-0.05, 0) is 53.9 Å². The Hall–Kier alpha value is -3.99. The number of nitrogens with one attached hydrogen (secondary N) is 2. The molecular formula is C30H30N4O4S2. The predicted octanol–water partition coefficient (Wildman–Crippen LogP) is 4.74. The van der Waals surface area contributed by atoms with Gasteiger partial charge in [0.05, 0.1) is 16.1 Å². The predicted molar refractivity (Wildman–Crippen MR) is 158 cm³/mol. The van der Waals surface area contributed by atoms with E-state index in [1.54, 1.807) is 31.3 Å². The molecule has 8 nitrogen and oxygen atoms in total. The van der Waals surface area contributed by atoms with Gasteiger partial charge in [0.2, 0.25) is 0 Å². The van der Waals surface area contributed by atoms with Crippen molar-refractivity contribution in [2.24, 2.45) is 0 Å².